The fraction of sp³-hybridized carbons (Fsp3) is 0.150. The predicted octanol–water partition coefficient (Wildman–Crippen LogP) is 3.89. The summed E-state index contributed by atoms with van der Waals surface area (Å²) in [6.45, 7) is 2.09. The van der Waals surface area contributed by atoms with Gasteiger partial charge in [-0.05, 0) is 53.4 Å². The summed E-state index contributed by atoms with van der Waals surface area (Å²) in [5, 5.41) is 15.9. The van der Waals surface area contributed by atoms with E-state index in [0.29, 0.717) is 0 Å². The van der Waals surface area contributed by atoms with Crippen molar-refractivity contribution in [1.82, 2.24) is 14.6 Å². The number of aryl methyl sites for hydroxylation is 3. The first-order valence-electron chi connectivity index (χ1n) is 8.39. The molecule has 0 saturated heterocycles. The van der Waals surface area contributed by atoms with Gasteiger partial charge in [0.25, 0.3) is 0 Å². The summed E-state index contributed by atoms with van der Waals surface area (Å²) in [5.41, 5.74) is 6.07. The van der Waals surface area contributed by atoms with E-state index in [9.17, 15) is 5.21 Å². The van der Waals surface area contributed by atoms with Gasteiger partial charge in [0.15, 0.2) is 18.0 Å². The number of fused-ring (bicyclic) bond motifs is 1. The Hall–Kier alpha value is -2.73. The van der Waals surface area contributed by atoms with Crippen LogP contribution in [0.2, 0.25) is 0 Å². The Labute approximate surface area is 159 Å². The topological polar surface area (TPSA) is 57.1 Å². The van der Waals surface area contributed by atoms with E-state index in [0.717, 1.165) is 50.2 Å². The number of nitrogens with zero attached hydrogens (tertiary/aromatic N) is 4. The Morgan fingerprint density at radius 2 is 2.00 bits per heavy atom. The monoisotopic (exact) mass is 408 g/mol. The van der Waals surface area contributed by atoms with Crippen molar-refractivity contribution in [2.45, 2.75) is 19.8 Å². The van der Waals surface area contributed by atoms with Crippen LogP contribution in [0.15, 0.2) is 65.5 Å². The van der Waals surface area contributed by atoms with E-state index in [1.54, 1.807) is 18.5 Å². The van der Waals surface area contributed by atoms with Crippen LogP contribution in [-0.2, 0) is 12.8 Å². The lowest BCUT2D eigenvalue weighted by Gasteiger charge is -2.10. The summed E-state index contributed by atoms with van der Waals surface area (Å²) in [4.78, 5) is 4.80. The Bertz CT molecular complexity index is 1090. The molecule has 0 fully saturated rings. The van der Waals surface area contributed by atoms with Gasteiger partial charge >= 0.3 is 0 Å². The molecule has 1 aromatic carbocycles. The summed E-state index contributed by atoms with van der Waals surface area (Å²) < 4.78 is 3.56. The minimum Gasteiger partial charge on any atom is -0.619 e. The molecule has 3 aromatic heterocycles. The largest absolute Gasteiger partial charge is 0.619 e. The zero-order valence-electron chi connectivity index (χ0n) is 14.3. The molecule has 0 amide bonds. The standard InChI is InChI=1S/C20H17BrN4O/c1-14-5-2-3-7-17(14)19-11-16(25-20(23-19)18(21)12-22-25)9-8-15-6-4-10-24(26)13-15/h2-7,10-13H,8-9H2,1H3. The SMILES string of the molecule is Cc1ccccc1-c1cc(CCc2ccc[n+]([O-])c2)n2ncc(Br)c2n1. The molecule has 4 aromatic rings. The molecule has 0 aliphatic rings. The van der Waals surface area contributed by atoms with E-state index < -0.39 is 0 Å². The van der Waals surface area contributed by atoms with Crippen molar-refractivity contribution < 1.29 is 4.73 Å². The van der Waals surface area contributed by atoms with Gasteiger partial charge in [-0.15, -0.1) is 0 Å². The van der Waals surface area contributed by atoms with Crippen molar-refractivity contribution in [1.29, 1.82) is 0 Å². The number of hydrogen-bond donors (Lipinski definition) is 0. The highest BCUT2D eigenvalue weighted by Gasteiger charge is 2.13. The number of pyridine rings is 1. The van der Waals surface area contributed by atoms with Crippen molar-refractivity contribution in [2.75, 3.05) is 0 Å². The smallest absolute Gasteiger partial charge is 0.183 e. The molecule has 3 heterocycles. The van der Waals surface area contributed by atoms with Crippen LogP contribution in [0.1, 0.15) is 16.8 Å². The van der Waals surface area contributed by atoms with Crippen LogP contribution in [0.4, 0.5) is 0 Å². The number of aromatic nitrogens is 4. The number of rotatable bonds is 4. The molecule has 0 aliphatic carbocycles. The third kappa shape index (κ3) is 3.20. The first-order valence-corrected chi connectivity index (χ1v) is 9.18. The molecule has 0 spiro atoms. The van der Waals surface area contributed by atoms with Gasteiger partial charge in [0.2, 0.25) is 0 Å². The Balaban J connectivity index is 1.77. The second-order valence-corrected chi connectivity index (χ2v) is 7.10. The van der Waals surface area contributed by atoms with Crippen LogP contribution in [0.3, 0.4) is 0 Å². The van der Waals surface area contributed by atoms with E-state index in [4.69, 9.17) is 4.98 Å². The maximum atomic E-state index is 11.5. The summed E-state index contributed by atoms with van der Waals surface area (Å²) in [5.74, 6) is 0. The average Bonchev–Trinajstić information content (AvgIpc) is 3.01. The van der Waals surface area contributed by atoms with E-state index in [2.05, 4.69) is 46.2 Å². The van der Waals surface area contributed by atoms with Crippen molar-refractivity contribution in [3.8, 4) is 11.3 Å². The van der Waals surface area contributed by atoms with Gasteiger partial charge in [-0.3, -0.25) is 0 Å². The molecule has 26 heavy (non-hydrogen) atoms. The summed E-state index contributed by atoms with van der Waals surface area (Å²) in [7, 11) is 0. The fourth-order valence-corrected chi connectivity index (χ4v) is 3.44. The second-order valence-electron chi connectivity index (χ2n) is 6.25. The second kappa shape index (κ2) is 6.88. The molecular formula is C20H17BrN4O. The maximum absolute atomic E-state index is 11.5. The molecule has 0 aliphatic heterocycles. The predicted molar refractivity (Wildman–Crippen MR) is 104 cm³/mol. The van der Waals surface area contributed by atoms with Gasteiger partial charge in [-0.25, -0.2) is 9.50 Å². The molecular weight excluding hydrogens is 392 g/mol. The van der Waals surface area contributed by atoms with Gasteiger partial charge in [0, 0.05) is 22.9 Å². The van der Waals surface area contributed by atoms with Crippen LogP contribution in [-0.4, -0.2) is 14.6 Å². The Morgan fingerprint density at radius 3 is 2.81 bits per heavy atom. The normalized spacial score (nSPS) is 11.2. The van der Waals surface area contributed by atoms with Crippen molar-refractivity contribution in [3.63, 3.8) is 0 Å². The zero-order chi connectivity index (χ0) is 18.1. The van der Waals surface area contributed by atoms with Gasteiger partial charge in [-0.2, -0.15) is 9.83 Å². The maximum Gasteiger partial charge on any atom is 0.183 e. The van der Waals surface area contributed by atoms with Crippen molar-refractivity contribution in [2.24, 2.45) is 0 Å². The first-order chi connectivity index (χ1) is 12.6. The number of halogens is 1. The van der Waals surface area contributed by atoms with Gasteiger partial charge in [-0.1, -0.05) is 24.3 Å². The van der Waals surface area contributed by atoms with Crippen LogP contribution < -0.4 is 4.73 Å². The van der Waals surface area contributed by atoms with E-state index in [1.165, 1.54) is 11.8 Å². The molecule has 0 saturated carbocycles. The number of benzene rings is 1. The molecule has 4 rings (SSSR count). The lowest BCUT2D eigenvalue weighted by Crippen LogP contribution is -2.24. The first kappa shape index (κ1) is 16.7. The molecule has 6 heteroatoms. The van der Waals surface area contributed by atoms with E-state index >= 15 is 0 Å². The van der Waals surface area contributed by atoms with Crippen molar-refractivity contribution in [3.05, 3.63) is 87.6 Å². The average molecular weight is 409 g/mol. The Kier molecular flexibility index (Phi) is 4.42. The lowest BCUT2D eigenvalue weighted by atomic mass is 10.0. The minimum atomic E-state index is 0.757. The lowest BCUT2D eigenvalue weighted by molar-refractivity contribution is -0.605. The van der Waals surface area contributed by atoms with Crippen LogP contribution in [0.25, 0.3) is 16.9 Å². The van der Waals surface area contributed by atoms with Crippen molar-refractivity contribution >= 4 is 21.6 Å². The third-order valence-electron chi connectivity index (χ3n) is 4.43. The third-order valence-corrected chi connectivity index (χ3v) is 4.99. The highest BCUT2D eigenvalue weighted by Crippen LogP contribution is 2.26. The zero-order valence-corrected chi connectivity index (χ0v) is 15.8. The molecule has 0 unspecified atom stereocenters. The van der Waals surface area contributed by atoms with Crippen LogP contribution in [0.5, 0.6) is 0 Å². The quantitative estimate of drug-likeness (QED) is 0.380. The molecule has 0 N–H and O–H groups in total. The van der Waals surface area contributed by atoms with Gasteiger partial charge in [0.05, 0.1) is 16.4 Å². The summed E-state index contributed by atoms with van der Waals surface area (Å²) in [6, 6.07) is 14.0. The molecule has 130 valence electrons. The Morgan fingerprint density at radius 1 is 1.15 bits per heavy atom. The summed E-state index contributed by atoms with van der Waals surface area (Å²) in [6.07, 6.45) is 6.39. The molecule has 5 nitrogen and oxygen atoms in total. The van der Waals surface area contributed by atoms with Gasteiger partial charge in [0.1, 0.15) is 0 Å². The van der Waals surface area contributed by atoms with Crippen LogP contribution in [0, 0.1) is 12.1 Å². The fourth-order valence-electron chi connectivity index (χ4n) is 3.10. The number of hydrogen-bond acceptors (Lipinski definition) is 3. The van der Waals surface area contributed by atoms with Gasteiger partial charge < -0.3 is 5.21 Å². The van der Waals surface area contributed by atoms with E-state index in [1.807, 2.05) is 22.7 Å². The highest BCUT2D eigenvalue weighted by molar-refractivity contribution is 9.10. The van der Waals surface area contributed by atoms with E-state index in [-0.39, 0.29) is 0 Å². The minimum absolute atomic E-state index is 0.757. The molecule has 0 atom stereocenters. The molecule has 0 radical (unpaired) electrons. The van der Waals surface area contributed by atoms with Crippen LogP contribution >= 0.6 is 15.9 Å². The summed E-state index contributed by atoms with van der Waals surface area (Å²) >= 11 is 3.54. The highest BCUT2D eigenvalue weighted by atomic mass is 79.9. The molecule has 0 bridgehead atoms.